The Kier molecular flexibility index (Phi) is 4.56. The maximum Gasteiger partial charge on any atom is 0.332 e. The molecule has 0 radical (unpaired) electrons. The van der Waals surface area contributed by atoms with Crippen LogP contribution in [0.2, 0.25) is 0 Å². The highest BCUT2D eigenvalue weighted by molar-refractivity contribution is 5.81. The third-order valence-corrected chi connectivity index (χ3v) is 2.84. The highest BCUT2D eigenvalue weighted by Gasteiger charge is 2.02. The first-order valence-corrected chi connectivity index (χ1v) is 6.48. The molecular formula is C16H17N3O2. The van der Waals surface area contributed by atoms with E-state index in [1.165, 1.54) is 6.21 Å². The van der Waals surface area contributed by atoms with Crippen LogP contribution >= 0.6 is 0 Å². The van der Waals surface area contributed by atoms with Crippen LogP contribution in [0.5, 0.6) is 11.5 Å². The van der Waals surface area contributed by atoms with Crippen molar-refractivity contribution in [2.45, 2.75) is 13.8 Å². The SMILES string of the molecule is Cc1ccc(C)c(Oc2ccc(/C=N\NC(N)=O)cc2)c1. The molecule has 0 aliphatic carbocycles. The number of nitrogens with two attached hydrogens (primary N) is 1. The summed E-state index contributed by atoms with van der Waals surface area (Å²) in [5.74, 6) is 1.58. The summed E-state index contributed by atoms with van der Waals surface area (Å²) in [7, 11) is 0. The standard InChI is InChI=1S/C16H17N3O2/c1-11-3-4-12(2)15(9-11)21-14-7-5-13(6-8-14)10-18-19-16(17)20/h3-10H,1-2H3,(H3,17,19,20)/b18-10-. The number of benzene rings is 2. The van der Waals surface area contributed by atoms with Crippen LogP contribution < -0.4 is 15.9 Å². The van der Waals surface area contributed by atoms with Gasteiger partial charge in [0.15, 0.2) is 0 Å². The molecule has 0 aromatic heterocycles. The van der Waals surface area contributed by atoms with E-state index in [1.54, 1.807) is 0 Å². The molecule has 2 aromatic rings. The van der Waals surface area contributed by atoms with Crippen LogP contribution in [0.4, 0.5) is 4.79 Å². The van der Waals surface area contributed by atoms with Crippen LogP contribution in [-0.4, -0.2) is 12.2 Å². The summed E-state index contributed by atoms with van der Waals surface area (Å²) < 4.78 is 5.85. The third kappa shape index (κ3) is 4.35. The Balaban J connectivity index is 2.07. The van der Waals surface area contributed by atoms with Gasteiger partial charge in [0.25, 0.3) is 0 Å². The lowest BCUT2D eigenvalue weighted by Gasteiger charge is -2.09. The van der Waals surface area contributed by atoms with Gasteiger partial charge in [-0.1, -0.05) is 12.1 Å². The van der Waals surface area contributed by atoms with Crippen LogP contribution in [0.3, 0.4) is 0 Å². The van der Waals surface area contributed by atoms with Gasteiger partial charge in [-0.2, -0.15) is 5.10 Å². The second-order valence-electron chi connectivity index (χ2n) is 4.67. The first-order chi connectivity index (χ1) is 10.0. The second kappa shape index (κ2) is 6.56. The zero-order valence-corrected chi connectivity index (χ0v) is 12.0. The van der Waals surface area contributed by atoms with Gasteiger partial charge in [0.1, 0.15) is 11.5 Å². The molecule has 3 N–H and O–H groups in total. The summed E-state index contributed by atoms with van der Waals surface area (Å²) in [5, 5.41) is 3.69. The van der Waals surface area contributed by atoms with Crippen molar-refractivity contribution in [2.24, 2.45) is 10.8 Å². The van der Waals surface area contributed by atoms with Gasteiger partial charge in [0, 0.05) is 0 Å². The number of carbonyl (C=O) groups is 1. The average Bonchev–Trinajstić information content (AvgIpc) is 2.44. The summed E-state index contributed by atoms with van der Waals surface area (Å²) in [4.78, 5) is 10.5. The van der Waals surface area contributed by atoms with Crippen molar-refractivity contribution in [1.29, 1.82) is 0 Å². The molecule has 2 aromatic carbocycles. The molecule has 0 atom stereocenters. The molecule has 0 heterocycles. The minimum Gasteiger partial charge on any atom is -0.457 e. The highest BCUT2D eigenvalue weighted by atomic mass is 16.5. The van der Waals surface area contributed by atoms with E-state index in [9.17, 15) is 4.79 Å². The Morgan fingerprint density at radius 2 is 1.90 bits per heavy atom. The largest absolute Gasteiger partial charge is 0.457 e. The summed E-state index contributed by atoms with van der Waals surface area (Å²) in [6.45, 7) is 4.03. The number of hydrazone groups is 1. The lowest BCUT2D eigenvalue weighted by molar-refractivity contribution is 0.249. The average molecular weight is 283 g/mol. The summed E-state index contributed by atoms with van der Waals surface area (Å²) in [6, 6.07) is 12.7. The van der Waals surface area contributed by atoms with E-state index in [-0.39, 0.29) is 0 Å². The molecule has 2 amide bonds. The van der Waals surface area contributed by atoms with Crippen molar-refractivity contribution >= 4 is 12.2 Å². The Morgan fingerprint density at radius 1 is 1.19 bits per heavy atom. The zero-order valence-electron chi connectivity index (χ0n) is 12.0. The van der Waals surface area contributed by atoms with Crippen molar-refractivity contribution in [1.82, 2.24) is 5.43 Å². The molecule has 5 heteroatoms. The molecule has 0 unspecified atom stereocenters. The Morgan fingerprint density at radius 3 is 2.57 bits per heavy atom. The van der Waals surface area contributed by atoms with E-state index in [0.717, 1.165) is 28.2 Å². The number of nitrogens with zero attached hydrogens (tertiary/aromatic N) is 1. The Labute approximate surface area is 123 Å². The second-order valence-corrected chi connectivity index (χ2v) is 4.67. The van der Waals surface area contributed by atoms with E-state index in [4.69, 9.17) is 10.5 Å². The van der Waals surface area contributed by atoms with Crippen LogP contribution in [0, 0.1) is 13.8 Å². The van der Waals surface area contributed by atoms with E-state index in [2.05, 4.69) is 10.5 Å². The Bertz CT molecular complexity index is 664. The molecule has 0 spiro atoms. The number of hydrogen-bond acceptors (Lipinski definition) is 3. The first-order valence-electron chi connectivity index (χ1n) is 6.48. The number of carbonyl (C=O) groups excluding carboxylic acids is 1. The molecule has 0 saturated heterocycles. The minimum atomic E-state index is -0.693. The predicted octanol–water partition coefficient (Wildman–Crippen LogP) is 3.10. The molecular weight excluding hydrogens is 266 g/mol. The summed E-state index contributed by atoms with van der Waals surface area (Å²) >= 11 is 0. The van der Waals surface area contributed by atoms with Crippen molar-refractivity contribution in [3.05, 3.63) is 59.2 Å². The third-order valence-electron chi connectivity index (χ3n) is 2.84. The maximum absolute atomic E-state index is 10.5. The quantitative estimate of drug-likeness (QED) is 0.668. The van der Waals surface area contributed by atoms with Crippen LogP contribution in [0.15, 0.2) is 47.6 Å². The minimum absolute atomic E-state index is 0.693. The molecule has 0 fully saturated rings. The molecule has 2 rings (SSSR count). The Hall–Kier alpha value is -2.82. The van der Waals surface area contributed by atoms with Crippen molar-refractivity contribution in [3.8, 4) is 11.5 Å². The van der Waals surface area contributed by atoms with Crippen LogP contribution in [-0.2, 0) is 0 Å². The van der Waals surface area contributed by atoms with Crippen molar-refractivity contribution in [3.63, 3.8) is 0 Å². The van der Waals surface area contributed by atoms with Gasteiger partial charge >= 0.3 is 6.03 Å². The molecule has 21 heavy (non-hydrogen) atoms. The van der Waals surface area contributed by atoms with Gasteiger partial charge in [-0.15, -0.1) is 0 Å². The normalized spacial score (nSPS) is 10.6. The van der Waals surface area contributed by atoms with E-state index >= 15 is 0 Å². The molecule has 108 valence electrons. The fourth-order valence-electron chi connectivity index (χ4n) is 1.74. The lowest BCUT2D eigenvalue weighted by Crippen LogP contribution is -2.24. The van der Waals surface area contributed by atoms with Gasteiger partial charge in [0.2, 0.25) is 0 Å². The number of ether oxygens (including phenoxy) is 1. The predicted molar refractivity (Wildman–Crippen MR) is 82.7 cm³/mol. The van der Waals surface area contributed by atoms with Gasteiger partial charge in [-0.25, -0.2) is 10.2 Å². The van der Waals surface area contributed by atoms with Gasteiger partial charge in [-0.3, -0.25) is 0 Å². The summed E-state index contributed by atoms with van der Waals surface area (Å²) in [5.41, 5.74) is 10.1. The topological polar surface area (TPSA) is 76.7 Å². The van der Waals surface area contributed by atoms with Crippen LogP contribution in [0.25, 0.3) is 0 Å². The number of nitrogens with one attached hydrogen (secondary N) is 1. The number of aryl methyl sites for hydroxylation is 2. The summed E-state index contributed by atoms with van der Waals surface area (Å²) in [6.07, 6.45) is 1.51. The van der Waals surface area contributed by atoms with E-state index < -0.39 is 6.03 Å². The van der Waals surface area contributed by atoms with Crippen molar-refractivity contribution < 1.29 is 9.53 Å². The number of rotatable bonds is 4. The lowest BCUT2D eigenvalue weighted by atomic mass is 10.1. The monoisotopic (exact) mass is 283 g/mol. The highest BCUT2D eigenvalue weighted by Crippen LogP contribution is 2.25. The van der Waals surface area contributed by atoms with Crippen molar-refractivity contribution in [2.75, 3.05) is 0 Å². The smallest absolute Gasteiger partial charge is 0.332 e. The van der Waals surface area contributed by atoms with Crippen LogP contribution in [0.1, 0.15) is 16.7 Å². The number of hydrogen-bond donors (Lipinski definition) is 2. The van der Waals surface area contributed by atoms with Gasteiger partial charge in [0.05, 0.1) is 6.21 Å². The number of primary amides is 1. The number of urea groups is 1. The number of amides is 2. The first kappa shape index (κ1) is 14.6. The zero-order chi connectivity index (χ0) is 15.2. The van der Waals surface area contributed by atoms with E-state index in [0.29, 0.717) is 0 Å². The molecule has 0 aliphatic rings. The van der Waals surface area contributed by atoms with E-state index in [1.807, 2.05) is 56.3 Å². The maximum atomic E-state index is 10.5. The fourth-order valence-corrected chi connectivity index (χ4v) is 1.74. The van der Waals surface area contributed by atoms with Gasteiger partial charge < -0.3 is 10.5 Å². The molecule has 0 bridgehead atoms. The van der Waals surface area contributed by atoms with Gasteiger partial charge in [-0.05, 0) is 60.9 Å². The molecule has 0 saturated carbocycles. The fraction of sp³-hybridized carbons (Fsp3) is 0.125. The molecule has 5 nitrogen and oxygen atoms in total. The molecule has 0 aliphatic heterocycles.